The van der Waals surface area contributed by atoms with Crippen molar-refractivity contribution in [3.05, 3.63) is 81.5 Å². The van der Waals surface area contributed by atoms with Crippen LogP contribution in [-0.2, 0) is 4.79 Å². The van der Waals surface area contributed by atoms with Gasteiger partial charge < -0.3 is 5.73 Å². The Balaban J connectivity index is 1.96. The normalized spacial score (nSPS) is 19.8. The maximum atomic E-state index is 12.9. The van der Waals surface area contributed by atoms with Crippen molar-refractivity contribution < 1.29 is 4.79 Å². The molecule has 0 fully saturated rings. The fourth-order valence-electron chi connectivity index (χ4n) is 3.85. The molecule has 0 saturated heterocycles. The van der Waals surface area contributed by atoms with E-state index in [9.17, 15) is 10.1 Å². The first kappa shape index (κ1) is 17.5. The van der Waals surface area contributed by atoms with Crippen LogP contribution >= 0.6 is 15.9 Å². The number of anilines is 1. The van der Waals surface area contributed by atoms with Gasteiger partial charge in [0, 0.05) is 40.2 Å². The van der Waals surface area contributed by atoms with Gasteiger partial charge in [0.15, 0.2) is 5.78 Å². The van der Waals surface area contributed by atoms with Crippen molar-refractivity contribution >= 4 is 27.4 Å². The van der Waals surface area contributed by atoms with Crippen molar-refractivity contribution in [3.63, 3.8) is 0 Å². The second kappa shape index (κ2) is 7.01. The van der Waals surface area contributed by atoms with Gasteiger partial charge in [0.05, 0.1) is 17.6 Å². The minimum atomic E-state index is -0.460. The fourth-order valence-corrected chi connectivity index (χ4v) is 4.12. The van der Waals surface area contributed by atoms with Gasteiger partial charge in [-0.05, 0) is 48.7 Å². The number of nitriles is 1. The Morgan fingerprint density at radius 2 is 2.00 bits per heavy atom. The Kier molecular flexibility index (Phi) is 4.54. The molecule has 0 bridgehead atoms. The van der Waals surface area contributed by atoms with Crippen molar-refractivity contribution in [1.82, 2.24) is 4.98 Å². The number of carbonyl (C=O) groups is 1. The average Bonchev–Trinajstić information content (AvgIpc) is 2.69. The predicted molar refractivity (Wildman–Crippen MR) is 106 cm³/mol. The Morgan fingerprint density at radius 1 is 1.22 bits per heavy atom. The zero-order valence-electron chi connectivity index (χ0n) is 14.5. The van der Waals surface area contributed by atoms with Crippen LogP contribution in [0, 0.1) is 11.3 Å². The van der Waals surface area contributed by atoms with E-state index < -0.39 is 5.92 Å². The number of carbonyl (C=O) groups excluding carboxylic acids is 1. The summed E-state index contributed by atoms with van der Waals surface area (Å²) >= 11 is 3.44. The Hall–Kier alpha value is -2.91. The van der Waals surface area contributed by atoms with E-state index in [0.29, 0.717) is 23.4 Å². The molecule has 1 aliphatic heterocycles. The summed E-state index contributed by atoms with van der Waals surface area (Å²) in [6, 6.07) is 13.7. The van der Waals surface area contributed by atoms with Crippen LogP contribution in [0.3, 0.4) is 0 Å². The Morgan fingerprint density at radius 3 is 2.67 bits per heavy atom. The standard InChI is InChI=1S/C21H17BrN4O/c22-14-6-8-15(9-7-14)26-17-4-1-5-18(27)20(17)19(16(11-23)21(26)24)13-3-2-10-25-12-13/h2-3,6-10,12,19H,1,4-5,24H2/t19-/m0/s1. The monoisotopic (exact) mass is 420 g/mol. The topological polar surface area (TPSA) is 83.0 Å². The summed E-state index contributed by atoms with van der Waals surface area (Å²) in [6.45, 7) is 0. The molecule has 134 valence electrons. The second-order valence-electron chi connectivity index (χ2n) is 6.58. The molecule has 0 amide bonds. The molecule has 6 heteroatoms. The maximum absolute atomic E-state index is 12.9. The number of benzene rings is 1. The third-order valence-electron chi connectivity index (χ3n) is 5.02. The van der Waals surface area contributed by atoms with Crippen LogP contribution < -0.4 is 10.6 Å². The summed E-state index contributed by atoms with van der Waals surface area (Å²) in [5.74, 6) is -0.00668. The number of allylic oxidation sites excluding steroid dienone is 3. The molecule has 2 aromatic rings. The lowest BCUT2D eigenvalue weighted by molar-refractivity contribution is -0.116. The van der Waals surface area contributed by atoms with E-state index in [1.54, 1.807) is 12.4 Å². The summed E-state index contributed by atoms with van der Waals surface area (Å²) in [6.07, 6.45) is 5.39. The number of ketones is 1. The van der Waals surface area contributed by atoms with Crippen LogP contribution in [0.25, 0.3) is 0 Å². The van der Waals surface area contributed by atoms with Crippen molar-refractivity contribution in [2.45, 2.75) is 25.2 Å². The summed E-state index contributed by atoms with van der Waals surface area (Å²) < 4.78 is 0.952. The van der Waals surface area contributed by atoms with Crippen LogP contribution in [0.4, 0.5) is 5.69 Å². The molecule has 27 heavy (non-hydrogen) atoms. The minimum absolute atomic E-state index is 0.0764. The van der Waals surface area contributed by atoms with Crippen LogP contribution in [-0.4, -0.2) is 10.8 Å². The van der Waals surface area contributed by atoms with Gasteiger partial charge in [-0.15, -0.1) is 0 Å². The number of pyridine rings is 1. The van der Waals surface area contributed by atoms with E-state index >= 15 is 0 Å². The molecule has 1 aliphatic carbocycles. The highest BCUT2D eigenvalue weighted by Gasteiger charge is 2.40. The number of halogens is 1. The van der Waals surface area contributed by atoms with E-state index in [2.05, 4.69) is 27.0 Å². The summed E-state index contributed by atoms with van der Waals surface area (Å²) in [5, 5.41) is 9.90. The highest BCUT2D eigenvalue weighted by Crippen LogP contribution is 2.46. The second-order valence-corrected chi connectivity index (χ2v) is 7.49. The first-order chi connectivity index (χ1) is 13.1. The molecule has 1 aromatic carbocycles. The summed E-state index contributed by atoms with van der Waals surface area (Å²) in [7, 11) is 0. The molecule has 2 aliphatic rings. The molecule has 2 N–H and O–H groups in total. The molecule has 0 spiro atoms. The van der Waals surface area contributed by atoms with Gasteiger partial charge in [-0.3, -0.25) is 14.7 Å². The predicted octanol–water partition coefficient (Wildman–Crippen LogP) is 4.15. The smallest absolute Gasteiger partial charge is 0.161 e. The highest BCUT2D eigenvalue weighted by atomic mass is 79.9. The van der Waals surface area contributed by atoms with Gasteiger partial charge in [-0.1, -0.05) is 22.0 Å². The number of Topliss-reactive ketones (excluding diaryl/α,β-unsaturated/α-hetero) is 1. The van der Waals surface area contributed by atoms with E-state index in [1.165, 1.54) is 0 Å². The molecule has 0 radical (unpaired) electrons. The number of hydrogen-bond donors (Lipinski definition) is 1. The maximum Gasteiger partial charge on any atom is 0.161 e. The SMILES string of the molecule is N#CC1=C(N)N(c2ccc(Br)cc2)C2=C(C(=O)CCC2)[C@H]1c1cccnc1. The van der Waals surface area contributed by atoms with Crippen molar-refractivity contribution in [2.75, 3.05) is 4.90 Å². The van der Waals surface area contributed by atoms with E-state index in [-0.39, 0.29) is 5.78 Å². The molecule has 0 saturated carbocycles. The lowest BCUT2D eigenvalue weighted by atomic mass is 9.76. The van der Waals surface area contributed by atoms with Gasteiger partial charge >= 0.3 is 0 Å². The lowest BCUT2D eigenvalue weighted by Crippen LogP contribution is -2.38. The number of nitrogens with zero attached hydrogens (tertiary/aromatic N) is 3. The first-order valence-electron chi connectivity index (χ1n) is 8.73. The number of aromatic nitrogens is 1. The quantitative estimate of drug-likeness (QED) is 0.788. The lowest BCUT2D eigenvalue weighted by Gasteiger charge is -2.39. The van der Waals surface area contributed by atoms with E-state index in [1.807, 2.05) is 41.3 Å². The molecule has 2 heterocycles. The van der Waals surface area contributed by atoms with Crippen molar-refractivity contribution in [3.8, 4) is 6.07 Å². The summed E-state index contributed by atoms with van der Waals surface area (Å²) in [5.41, 5.74) is 10.1. The zero-order chi connectivity index (χ0) is 19.0. The Labute approximate surface area is 165 Å². The molecule has 4 rings (SSSR count). The van der Waals surface area contributed by atoms with Crippen LogP contribution in [0.15, 0.2) is 75.9 Å². The largest absolute Gasteiger partial charge is 0.384 e. The average molecular weight is 421 g/mol. The molecule has 1 atom stereocenters. The third kappa shape index (κ3) is 2.94. The van der Waals surface area contributed by atoms with Gasteiger partial charge in [-0.2, -0.15) is 5.26 Å². The van der Waals surface area contributed by atoms with Gasteiger partial charge in [-0.25, -0.2) is 0 Å². The summed E-state index contributed by atoms with van der Waals surface area (Å²) in [4.78, 5) is 19.0. The van der Waals surface area contributed by atoms with Crippen LogP contribution in [0.1, 0.15) is 30.7 Å². The van der Waals surface area contributed by atoms with E-state index in [0.717, 1.165) is 34.3 Å². The molecular weight excluding hydrogens is 404 g/mol. The molecular formula is C21H17BrN4O. The zero-order valence-corrected chi connectivity index (χ0v) is 16.1. The van der Waals surface area contributed by atoms with Crippen LogP contribution in [0.2, 0.25) is 0 Å². The van der Waals surface area contributed by atoms with Gasteiger partial charge in [0.1, 0.15) is 5.82 Å². The Bertz CT molecular complexity index is 1000. The number of rotatable bonds is 2. The fraction of sp³-hybridized carbons (Fsp3) is 0.190. The van der Waals surface area contributed by atoms with Crippen molar-refractivity contribution in [2.24, 2.45) is 5.73 Å². The third-order valence-corrected chi connectivity index (χ3v) is 5.54. The van der Waals surface area contributed by atoms with Gasteiger partial charge in [0.2, 0.25) is 0 Å². The molecule has 0 unspecified atom stereocenters. The number of nitrogens with two attached hydrogens (primary N) is 1. The van der Waals surface area contributed by atoms with E-state index in [4.69, 9.17) is 5.73 Å². The minimum Gasteiger partial charge on any atom is -0.384 e. The van der Waals surface area contributed by atoms with Crippen LogP contribution in [0.5, 0.6) is 0 Å². The highest BCUT2D eigenvalue weighted by molar-refractivity contribution is 9.10. The number of hydrogen-bond acceptors (Lipinski definition) is 5. The molecule has 1 aromatic heterocycles. The van der Waals surface area contributed by atoms with Gasteiger partial charge in [0.25, 0.3) is 0 Å². The molecule has 5 nitrogen and oxygen atoms in total. The van der Waals surface area contributed by atoms with Crippen molar-refractivity contribution in [1.29, 1.82) is 5.26 Å². The first-order valence-corrected chi connectivity index (χ1v) is 9.52.